The first-order chi connectivity index (χ1) is 9.42. The topological polar surface area (TPSA) is 85.1 Å². The van der Waals surface area contributed by atoms with Crippen LogP contribution in [0.15, 0.2) is 45.9 Å². The molecule has 0 aliphatic heterocycles. The van der Waals surface area contributed by atoms with Gasteiger partial charge in [-0.15, -0.1) is 0 Å². The van der Waals surface area contributed by atoms with Crippen LogP contribution in [-0.4, -0.2) is 13.4 Å². The van der Waals surface area contributed by atoms with Crippen LogP contribution in [0.1, 0.15) is 12.5 Å². The van der Waals surface area contributed by atoms with E-state index in [1.54, 1.807) is 18.2 Å². The molecule has 106 valence electrons. The van der Waals surface area contributed by atoms with Gasteiger partial charge in [-0.3, -0.25) is 4.72 Å². The molecule has 0 radical (unpaired) electrons. The molecule has 0 unspecified atom stereocenters. The van der Waals surface area contributed by atoms with Crippen LogP contribution >= 0.6 is 15.9 Å². The third-order valence-electron chi connectivity index (χ3n) is 2.73. The summed E-state index contributed by atoms with van der Waals surface area (Å²) in [6.45, 7) is 2.00. The lowest BCUT2D eigenvalue weighted by molar-refractivity contribution is 0.601. The number of hydrogen-bond donors (Lipinski definition) is 2. The minimum absolute atomic E-state index is 0.0349. The van der Waals surface area contributed by atoms with E-state index in [1.807, 2.05) is 13.0 Å². The molecule has 20 heavy (non-hydrogen) atoms. The molecule has 0 saturated heterocycles. The smallest absolute Gasteiger partial charge is 0.265 e. The molecule has 2 aromatic rings. The van der Waals surface area contributed by atoms with E-state index in [2.05, 4.69) is 25.6 Å². The van der Waals surface area contributed by atoms with E-state index in [0.717, 1.165) is 12.0 Å². The van der Waals surface area contributed by atoms with Gasteiger partial charge in [-0.2, -0.15) is 0 Å². The summed E-state index contributed by atoms with van der Waals surface area (Å²) >= 11 is 3.19. The number of nitrogen functional groups attached to an aromatic ring is 1. The third-order valence-corrected chi connectivity index (χ3v) is 4.57. The molecule has 1 aromatic carbocycles. The van der Waals surface area contributed by atoms with E-state index in [4.69, 9.17) is 5.73 Å². The number of sulfonamides is 1. The molecule has 0 saturated carbocycles. The minimum atomic E-state index is -3.76. The largest absolute Gasteiger partial charge is 0.383 e. The molecule has 5 nitrogen and oxygen atoms in total. The van der Waals surface area contributed by atoms with Gasteiger partial charge in [0.15, 0.2) is 0 Å². The summed E-state index contributed by atoms with van der Waals surface area (Å²) < 4.78 is 27.7. The van der Waals surface area contributed by atoms with Crippen LogP contribution in [0.4, 0.5) is 11.5 Å². The Kier molecular flexibility index (Phi) is 4.29. The first-order valence-corrected chi connectivity index (χ1v) is 8.23. The first-order valence-electron chi connectivity index (χ1n) is 5.95. The minimum Gasteiger partial charge on any atom is -0.383 e. The highest BCUT2D eigenvalue weighted by Gasteiger charge is 2.19. The van der Waals surface area contributed by atoms with Crippen LogP contribution in [0.5, 0.6) is 0 Å². The van der Waals surface area contributed by atoms with Gasteiger partial charge in [0.2, 0.25) is 0 Å². The van der Waals surface area contributed by atoms with Crippen LogP contribution < -0.4 is 10.5 Å². The average Bonchev–Trinajstić information content (AvgIpc) is 2.41. The van der Waals surface area contributed by atoms with Crippen molar-refractivity contribution in [1.82, 2.24) is 4.98 Å². The van der Waals surface area contributed by atoms with Gasteiger partial charge < -0.3 is 5.73 Å². The lowest BCUT2D eigenvalue weighted by atomic mass is 10.1. The highest BCUT2D eigenvalue weighted by molar-refractivity contribution is 9.10. The average molecular weight is 356 g/mol. The van der Waals surface area contributed by atoms with Crippen molar-refractivity contribution in [3.05, 3.63) is 46.6 Å². The molecular weight excluding hydrogens is 342 g/mol. The van der Waals surface area contributed by atoms with Crippen molar-refractivity contribution in [1.29, 1.82) is 0 Å². The number of anilines is 2. The van der Waals surface area contributed by atoms with Crippen molar-refractivity contribution in [3.8, 4) is 0 Å². The Bertz CT molecular complexity index is 732. The molecular formula is C13H14BrN3O2S. The number of nitrogens with zero attached hydrogens (tertiary/aromatic N) is 1. The predicted octanol–water partition coefficient (Wildman–Crippen LogP) is 2.79. The number of pyridine rings is 1. The number of benzene rings is 1. The second-order valence-electron chi connectivity index (χ2n) is 4.20. The molecule has 0 aliphatic carbocycles. The van der Waals surface area contributed by atoms with Crippen molar-refractivity contribution in [2.45, 2.75) is 18.2 Å². The number of rotatable bonds is 4. The Morgan fingerprint density at radius 2 is 2.10 bits per heavy atom. The summed E-state index contributed by atoms with van der Waals surface area (Å²) in [5.41, 5.74) is 7.18. The quantitative estimate of drug-likeness (QED) is 0.882. The molecule has 7 heteroatoms. The Hall–Kier alpha value is -1.60. The van der Waals surface area contributed by atoms with Gasteiger partial charge in [-0.25, -0.2) is 13.4 Å². The summed E-state index contributed by atoms with van der Waals surface area (Å²) in [4.78, 5) is 3.78. The zero-order valence-electron chi connectivity index (χ0n) is 10.8. The molecule has 0 spiro atoms. The fourth-order valence-corrected chi connectivity index (χ4v) is 3.35. The van der Waals surface area contributed by atoms with Crippen LogP contribution in [0.3, 0.4) is 0 Å². The van der Waals surface area contributed by atoms with E-state index in [9.17, 15) is 8.42 Å². The second-order valence-corrected chi connectivity index (χ2v) is 6.76. The summed E-state index contributed by atoms with van der Waals surface area (Å²) in [7, 11) is -3.76. The standard InChI is InChI=1S/C13H14BrN3O2S/c1-2-9-4-3-5-11(6-9)17-20(18,19)12-7-10(14)8-16-13(12)15/h3-8,17H,2H2,1H3,(H2,15,16). The second kappa shape index (κ2) is 5.80. The van der Waals surface area contributed by atoms with Crippen molar-refractivity contribution >= 4 is 37.5 Å². The molecule has 3 N–H and O–H groups in total. The fourth-order valence-electron chi connectivity index (χ4n) is 1.71. The van der Waals surface area contributed by atoms with Crippen molar-refractivity contribution in [3.63, 3.8) is 0 Å². The van der Waals surface area contributed by atoms with Gasteiger partial charge in [-0.05, 0) is 46.1 Å². The summed E-state index contributed by atoms with van der Waals surface area (Å²) in [5, 5.41) is 0. The molecule has 1 aromatic heterocycles. The zero-order valence-corrected chi connectivity index (χ0v) is 13.2. The number of halogens is 1. The van der Waals surface area contributed by atoms with Crippen LogP contribution in [0.25, 0.3) is 0 Å². The van der Waals surface area contributed by atoms with Gasteiger partial charge in [0.25, 0.3) is 10.0 Å². The third kappa shape index (κ3) is 3.29. The van der Waals surface area contributed by atoms with Gasteiger partial charge in [-0.1, -0.05) is 19.1 Å². The van der Waals surface area contributed by atoms with Crippen molar-refractivity contribution in [2.75, 3.05) is 10.5 Å². The number of aryl methyl sites for hydroxylation is 1. The predicted molar refractivity (Wildman–Crippen MR) is 83.0 cm³/mol. The molecule has 0 atom stereocenters. The summed E-state index contributed by atoms with van der Waals surface area (Å²) in [6, 6.07) is 8.65. The number of hydrogen-bond acceptors (Lipinski definition) is 4. The Morgan fingerprint density at radius 3 is 2.80 bits per heavy atom. The van der Waals surface area contributed by atoms with Crippen molar-refractivity contribution < 1.29 is 8.42 Å². The van der Waals surface area contributed by atoms with E-state index in [0.29, 0.717) is 10.2 Å². The van der Waals surface area contributed by atoms with E-state index >= 15 is 0 Å². The van der Waals surface area contributed by atoms with Crippen LogP contribution in [0, 0.1) is 0 Å². The number of nitrogens with one attached hydrogen (secondary N) is 1. The van der Waals surface area contributed by atoms with Gasteiger partial charge in [0, 0.05) is 16.4 Å². The van der Waals surface area contributed by atoms with E-state index in [-0.39, 0.29) is 10.7 Å². The van der Waals surface area contributed by atoms with Gasteiger partial charge >= 0.3 is 0 Å². The highest BCUT2D eigenvalue weighted by atomic mass is 79.9. The first kappa shape index (κ1) is 14.8. The summed E-state index contributed by atoms with van der Waals surface area (Å²) in [6.07, 6.45) is 2.28. The lowest BCUT2D eigenvalue weighted by Crippen LogP contribution is -2.15. The SMILES string of the molecule is CCc1cccc(NS(=O)(=O)c2cc(Br)cnc2N)c1. The maximum atomic E-state index is 12.3. The monoisotopic (exact) mass is 355 g/mol. The number of nitrogens with two attached hydrogens (primary N) is 1. The Labute approximate surface area is 126 Å². The van der Waals surface area contributed by atoms with E-state index in [1.165, 1.54) is 12.3 Å². The Morgan fingerprint density at radius 1 is 1.35 bits per heavy atom. The molecule has 0 amide bonds. The molecule has 0 fully saturated rings. The zero-order chi connectivity index (χ0) is 14.8. The van der Waals surface area contributed by atoms with Crippen molar-refractivity contribution in [2.24, 2.45) is 0 Å². The lowest BCUT2D eigenvalue weighted by Gasteiger charge is -2.10. The van der Waals surface area contributed by atoms with Crippen LogP contribution in [0.2, 0.25) is 0 Å². The molecule has 0 aliphatic rings. The van der Waals surface area contributed by atoms with E-state index < -0.39 is 10.0 Å². The fraction of sp³-hybridized carbons (Fsp3) is 0.154. The summed E-state index contributed by atoms with van der Waals surface area (Å²) in [5.74, 6) is -0.0349. The molecule has 2 rings (SSSR count). The normalized spacial score (nSPS) is 11.3. The van der Waals surface area contributed by atoms with Gasteiger partial charge in [0.05, 0.1) is 0 Å². The maximum Gasteiger partial charge on any atom is 0.265 e. The maximum absolute atomic E-state index is 12.3. The molecule has 1 heterocycles. The molecule has 0 bridgehead atoms. The number of aromatic nitrogens is 1. The highest BCUT2D eigenvalue weighted by Crippen LogP contribution is 2.23. The Balaban J connectivity index is 2.38. The van der Waals surface area contributed by atoms with Gasteiger partial charge in [0.1, 0.15) is 10.7 Å². The van der Waals surface area contributed by atoms with Crippen LogP contribution in [-0.2, 0) is 16.4 Å².